The Labute approximate surface area is 230 Å². The summed E-state index contributed by atoms with van der Waals surface area (Å²) in [5.41, 5.74) is 8.01. The minimum Gasteiger partial charge on any atom is -0.368 e. The molecule has 1 fully saturated rings. The van der Waals surface area contributed by atoms with Crippen LogP contribution in [0.5, 0.6) is 0 Å². The number of primary amides is 1. The third kappa shape index (κ3) is 5.55. The summed E-state index contributed by atoms with van der Waals surface area (Å²) in [7, 11) is 1.75. The molecule has 40 heavy (non-hydrogen) atoms. The van der Waals surface area contributed by atoms with Crippen molar-refractivity contribution in [2.75, 3.05) is 6.54 Å². The molecule has 1 aromatic carbocycles. The van der Waals surface area contributed by atoms with Crippen molar-refractivity contribution in [1.29, 1.82) is 0 Å². The van der Waals surface area contributed by atoms with Gasteiger partial charge in [-0.2, -0.15) is 0 Å². The first-order chi connectivity index (χ1) is 19.3. The molecule has 5 rings (SSSR count). The molecule has 0 aliphatic carbocycles. The zero-order valence-corrected chi connectivity index (χ0v) is 21.9. The number of aryl methyl sites for hydroxylation is 1. The highest BCUT2D eigenvalue weighted by molar-refractivity contribution is 5.98. The van der Waals surface area contributed by atoms with E-state index in [0.29, 0.717) is 12.1 Å². The van der Waals surface area contributed by atoms with Crippen LogP contribution in [-0.4, -0.2) is 72.7 Å². The average molecular weight is 543 g/mol. The van der Waals surface area contributed by atoms with Gasteiger partial charge in [0.05, 0.1) is 6.20 Å². The molecule has 3 aromatic heterocycles. The highest BCUT2D eigenvalue weighted by Gasteiger charge is 2.39. The van der Waals surface area contributed by atoms with E-state index in [-0.39, 0.29) is 31.0 Å². The van der Waals surface area contributed by atoms with E-state index >= 15 is 0 Å². The number of benzene rings is 1. The van der Waals surface area contributed by atoms with Crippen molar-refractivity contribution < 1.29 is 19.2 Å². The molecule has 0 bridgehead atoms. The smallest absolute Gasteiger partial charge is 0.271 e. The van der Waals surface area contributed by atoms with Crippen LogP contribution in [0.1, 0.15) is 39.4 Å². The van der Waals surface area contributed by atoms with Crippen LogP contribution in [-0.2, 0) is 23.1 Å². The van der Waals surface area contributed by atoms with E-state index in [0.717, 1.165) is 16.5 Å². The van der Waals surface area contributed by atoms with Crippen LogP contribution in [0.15, 0.2) is 67.4 Å². The fourth-order valence-corrected chi connectivity index (χ4v) is 5.11. The van der Waals surface area contributed by atoms with Crippen molar-refractivity contribution in [3.8, 4) is 0 Å². The van der Waals surface area contributed by atoms with Gasteiger partial charge in [-0.05, 0) is 36.6 Å². The molecule has 1 aliphatic heterocycles. The molecule has 3 unspecified atom stereocenters. The number of likely N-dealkylation sites (tertiary alicyclic amines) is 1. The lowest BCUT2D eigenvalue weighted by Crippen LogP contribution is -2.60. The maximum atomic E-state index is 13.7. The van der Waals surface area contributed by atoms with Crippen LogP contribution in [0.3, 0.4) is 0 Å². The van der Waals surface area contributed by atoms with Gasteiger partial charge in [0.25, 0.3) is 11.8 Å². The second kappa shape index (κ2) is 11.4. The molecule has 206 valence electrons. The standard InChI is InChI=1S/C28H30N8O4/c1-35-11-4-7-23(35)28(40)36-12-8-18(33-26(38)22-16-30-9-10-31-22)14-24(36)27(39)34-21(25(29)37)13-17-15-32-20-6-3-2-5-19(17)20/h2-7,9-11,15-16,18,21,24,32H,8,12-14H2,1H3,(H2,29,37)(H,33,38)(H,34,39). The Hall–Kier alpha value is -5.00. The van der Waals surface area contributed by atoms with Crippen LogP contribution >= 0.6 is 0 Å². The van der Waals surface area contributed by atoms with Crippen molar-refractivity contribution in [2.24, 2.45) is 12.8 Å². The predicted octanol–water partition coefficient (Wildman–Crippen LogP) is 0.912. The molecule has 0 saturated carbocycles. The van der Waals surface area contributed by atoms with E-state index in [1.165, 1.54) is 23.5 Å². The van der Waals surface area contributed by atoms with Crippen LogP contribution < -0.4 is 16.4 Å². The Morgan fingerprint density at radius 2 is 1.98 bits per heavy atom. The number of hydrogen-bond donors (Lipinski definition) is 4. The van der Waals surface area contributed by atoms with E-state index in [1.807, 2.05) is 24.3 Å². The summed E-state index contributed by atoms with van der Waals surface area (Å²) in [6, 6.07) is 8.69. The van der Waals surface area contributed by atoms with Gasteiger partial charge in [0, 0.05) is 61.7 Å². The Bertz CT molecular complexity index is 1550. The SMILES string of the molecule is Cn1cccc1C(=O)N1CCC(NC(=O)c2cnccn2)CC1C(=O)NC(Cc1c[nH]c2ccccc12)C(N)=O. The molecule has 4 amide bonds. The molecule has 0 radical (unpaired) electrons. The molecule has 4 heterocycles. The third-order valence-electron chi connectivity index (χ3n) is 7.22. The molecule has 12 heteroatoms. The zero-order chi connectivity index (χ0) is 28.2. The summed E-state index contributed by atoms with van der Waals surface area (Å²) in [6.45, 7) is 0.219. The van der Waals surface area contributed by atoms with Gasteiger partial charge in [0.1, 0.15) is 23.5 Å². The number of amides is 4. The number of aromatic nitrogens is 4. The second-order valence-corrected chi connectivity index (χ2v) is 9.83. The lowest BCUT2D eigenvalue weighted by Gasteiger charge is -2.39. The number of carbonyl (C=O) groups is 4. The number of H-pyrrole nitrogens is 1. The van der Waals surface area contributed by atoms with Gasteiger partial charge in [0.15, 0.2) is 0 Å². The largest absolute Gasteiger partial charge is 0.368 e. The molecule has 1 aliphatic rings. The fourth-order valence-electron chi connectivity index (χ4n) is 5.11. The Balaban J connectivity index is 1.36. The van der Waals surface area contributed by atoms with Crippen molar-refractivity contribution in [1.82, 2.24) is 35.1 Å². The number of nitrogens with two attached hydrogens (primary N) is 1. The first-order valence-electron chi connectivity index (χ1n) is 13.0. The monoisotopic (exact) mass is 542 g/mol. The van der Waals surface area contributed by atoms with Crippen molar-refractivity contribution in [3.63, 3.8) is 0 Å². The summed E-state index contributed by atoms with van der Waals surface area (Å²) in [4.78, 5) is 65.0. The van der Waals surface area contributed by atoms with Crippen LogP contribution in [0.25, 0.3) is 10.9 Å². The molecule has 0 spiro atoms. The van der Waals surface area contributed by atoms with Crippen LogP contribution in [0.4, 0.5) is 0 Å². The maximum absolute atomic E-state index is 13.7. The van der Waals surface area contributed by atoms with Crippen LogP contribution in [0, 0.1) is 0 Å². The van der Waals surface area contributed by atoms with E-state index in [9.17, 15) is 19.2 Å². The van der Waals surface area contributed by atoms with Gasteiger partial charge >= 0.3 is 0 Å². The second-order valence-electron chi connectivity index (χ2n) is 9.83. The number of rotatable bonds is 8. The van der Waals surface area contributed by atoms with Gasteiger partial charge in [-0.15, -0.1) is 0 Å². The number of hydrogen-bond acceptors (Lipinski definition) is 6. The molecular weight excluding hydrogens is 512 g/mol. The van der Waals surface area contributed by atoms with Gasteiger partial charge in [0.2, 0.25) is 11.8 Å². The first-order valence-corrected chi connectivity index (χ1v) is 13.0. The minimum absolute atomic E-state index is 0.145. The number of piperidine rings is 1. The number of aromatic amines is 1. The van der Waals surface area contributed by atoms with Crippen LogP contribution in [0.2, 0.25) is 0 Å². The summed E-state index contributed by atoms with van der Waals surface area (Å²) in [5, 5.41) is 6.60. The number of carbonyl (C=O) groups excluding carboxylic acids is 4. The van der Waals surface area contributed by atoms with Crippen molar-refractivity contribution >= 4 is 34.5 Å². The summed E-state index contributed by atoms with van der Waals surface area (Å²) < 4.78 is 1.68. The predicted molar refractivity (Wildman–Crippen MR) is 146 cm³/mol. The number of para-hydroxylation sites is 1. The molecule has 1 saturated heterocycles. The topological polar surface area (TPSA) is 168 Å². The Morgan fingerprint density at radius 3 is 2.70 bits per heavy atom. The fraction of sp³-hybridized carbons (Fsp3) is 0.286. The van der Waals surface area contributed by atoms with Gasteiger partial charge in [-0.1, -0.05) is 18.2 Å². The Morgan fingerprint density at radius 1 is 1.15 bits per heavy atom. The average Bonchev–Trinajstić information content (AvgIpc) is 3.58. The highest BCUT2D eigenvalue weighted by atomic mass is 16.2. The highest BCUT2D eigenvalue weighted by Crippen LogP contribution is 2.23. The van der Waals surface area contributed by atoms with E-state index < -0.39 is 35.8 Å². The molecule has 3 atom stereocenters. The zero-order valence-electron chi connectivity index (χ0n) is 21.9. The molecule has 12 nitrogen and oxygen atoms in total. The lowest BCUT2D eigenvalue weighted by atomic mass is 9.95. The quantitative estimate of drug-likeness (QED) is 0.258. The lowest BCUT2D eigenvalue weighted by molar-refractivity contribution is -0.131. The normalized spacial score (nSPS) is 17.8. The molecule has 4 aromatic rings. The van der Waals surface area contributed by atoms with Crippen molar-refractivity contribution in [3.05, 3.63) is 84.3 Å². The van der Waals surface area contributed by atoms with Crippen molar-refractivity contribution in [2.45, 2.75) is 37.4 Å². The Kier molecular flexibility index (Phi) is 7.58. The summed E-state index contributed by atoms with van der Waals surface area (Å²) in [6.07, 6.45) is 8.54. The third-order valence-corrected chi connectivity index (χ3v) is 7.22. The maximum Gasteiger partial charge on any atom is 0.271 e. The summed E-state index contributed by atoms with van der Waals surface area (Å²) >= 11 is 0. The first kappa shape index (κ1) is 26.6. The number of nitrogens with zero attached hydrogens (tertiary/aromatic N) is 4. The number of nitrogens with one attached hydrogen (secondary N) is 3. The van der Waals surface area contributed by atoms with Gasteiger partial charge in [-0.3, -0.25) is 24.2 Å². The molecule has 5 N–H and O–H groups in total. The number of fused-ring (bicyclic) bond motifs is 1. The van der Waals surface area contributed by atoms with E-state index in [2.05, 4.69) is 25.6 Å². The molecular formula is C28H30N8O4. The van der Waals surface area contributed by atoms with E-state index in [1.54, 1.807) is 36.1 Å². The van der Waals surface area contributed by atoms with Gasteiger partial charge in [-0.25, -0.2) is 4.98 Å². The summed E-state index contributed by atoms with van der Waals surface area (Å²) in [5.74, 6) is -1.96. The minimum atomic E-state index is -1.01. The van der Waals surface area contributed by atoms with E-state index in [4.69, 9.17) is 5.73 Å². The van der Waals surface area contributed by atoms with Gasteiger partial charge < -0.3 is 30.8 Å².